The number of methoxy groups -OCH3 is 1. The van der Waals surface area contributed by atoms with Crippen LogP contribution in [0.4, 0.5) is 0 Å². The SMILES string of the molecule is COC(=O)[C@@H](Cc1cccc(Cl)c1)NC(=O)CC(C)C. The average molecular weight is 298 g/mol. The van der Waals surface area contributed by atoms with E-state index in [2.05, 4.69) is 5.32 Å². The smallest absolute Gasteiger partial charge is 0.328 e. The Morgan fingerprint density at radius 2 is 2.05 bits per heavy atom. The van der Waals surface area contributed by atoms with Crippen LogP contribution in [0.3, 0.4) is 0 Å². The summed E-state index contributed by atoms with van der Waals surface area (Å²) in [5.41, 5.74) is 0.873. The van der Waals surface area contributed by atoms with Gasteiger partial charge in [0.1, 0.15) is 6.04 Å². The fourth-order valence-electron chi connectivity index (χ4n) is 1.86. The van der Waals surface area contributed by atoms with Gasteiger partial charge in [-0.05, 0) is 23.6 Å². The molecule has 0 unspecified atom stereocenters. The van der Waals surface area contributed by atoms with E-state index in [0.717, 1.165) is 5.56 Å². The van der Waals surface area contributed by atoms with Gasteiger partial charge in [0.2, 0.25) is 5.91 Å². The molecule has 20 heavy (non-hydrogen) atoms. The normalized spacial score (nSPS) is 12.1. The van der Waals surface area contributed by atoms with Crippen LogP contribution in [0.25, 0.3) is 0 Å². The zero-order valence-electron chi connectivity index (χ0n) is 12.0. The summed E-state index contributed by atoms with van der Waals surface area (Å²) in [7, 11) is 1.31. The second kappa shape index (κ2) is 7.90. The summed E-state index contributed by atoms with van der Waals surface area (Å²) >= 11 is 5.91. The van der Waals surface area contributed by atoms with Gasteiger partial charge in [0, 0.05) is 17.9 Å². The van der Waals surface area contributed by atoms with Crippen molar-refractivity contribution in [2.45, 2.75) is 32.7 Å². The number of carbonyl (C=O) groups excluding carboxylic acids is 2. The molecule has 1 atom stereocenters. The van der Waals surface area contributed by atoms with Gasteiger partial charge in [0.05, 0.1) is 7.11 Å². The lowest BCUT2D eigenvalue weighted by Gasteiger charge is -2.17. The zero-order valence-corrected chi connectivity index (χ0v) is 12.7. The first-order chi connectivity index (χ1) is 9.42. The second-order valence-corrected chi connectivity index (χ2v) is 5.51. The molecule has 1 rings (SSSR count). The minimum Gasteiger partial charge on any atom is -0.467 e. The minimum absolute atomic E-state index is 0.155. The highest BCUT2D eigenvalue weighted by Crippen LogP contribution is 2.13. The molecule has 0 fully saturated rings. The van der Waals surface area contributed by atoms with Crippen molar-refractivity contribution in [2.75, 3.05) is 7.11 Å². The Hall–Kier alpha value is -1.55. The van der Waals surface area contributed by atoms with Gasteiger partial charge in [-0.15, -0.1) is 0 Å². The fraction of sp³-hybridized carbons (Fsp3) is 0.467. The molecule has 1 aromatic carbocycles. The number of esters is 1. The van der Waals surface area contributed by atoms with Gasteiger partial charge in [-0.3, -0.25) is 4.79 Å². The minimum atomic E-state index is -0.690. The Kier molecular flexibility index (Phi) is 6.52. The van der Waals surface area contributed by atoms with Gasteiger partial charge < -0.3 is 10.1 Å². The van der Waals surface area contributed by atoms with Gasteiger partial charge in [0.25, 0.3) is 0 Å². The first-order valence-corrected chi connectivity index (χ1v) is 6.91. The molecule has 1 aromatic rings. The first kappa shape index (κ1) is 16.5. The topological polar surface area (TPSA) is 55.4 Å². The number of hydrogen-bond donors (Lipinski definition) is 1. The van der Waals surface area contributed by atoms with Crippen molar-refractivity contribution in [3.63, 3.8) is 0 Å². The van der Waals surface area contributed by atoms with E-state index in [9.17, 15) is 9.59 Å². The van der Waals surface area contributed by atoms with Gasteiger partial charge in [-0.25, -0.2) is 4.79 Å². The molecule has 0 saturated heterocycles. The van der Waals surface area contributed by atoms with E-state index in [1.807, 2.05) is 26.0 Å². The molecule has 0 spiro atoms. The Labute approximate surface area is 124 Å². The Balaban J connectivity index is 2.74. The maximum atomic E-state index is 11.8. The molecular formula is C15H20ClNO3. The number of nitrogens with one attached hydrogen (secondary N) is 1. The van der Waals surface area contributed by atoms with E-state index < -0.39 is 12.0 Å². The van der Waals surface area contributed by atoms with E-state index in [1.54, 1.807) is 12.1 Å². The van der Waals surface area contributed by atoms with Crippen LogP contribution in [0, 0.1) is 5.92 Å². The lowest BCUT2D eigenvalue weighted by Crippen LogP contribution is -2.43. The number of ether oxygens (including phenoxy) is 1. The number of hydrogen-bond acceptors (Lipinski definition) is 3. The monoisotopic (exact) mass is 297 g/mol. The lowest BCUT2D eigenvalue weighted by atomic mass is 10.0. The molecule has 0 aliphatic carbocycles. The average Bonchev–Trinajstić information content (AvgIpc) is 2.36. The number of rotatable bonds is 6. The third kappa shape index (κ3) is 5.61. The predicted octanol–water partition coefficient (Wildman–Crippen LogP) is 2.59. The molecule has 5 heteroatoms. The first-order valence-electron chi connectivity index (χ1n) is 6.54. The molecular weight excluding hydrogens is 278 g/mol. The standard InChI is InChI=1S/C15H20ClNO3/c1-10(2)7-14(18)17-13(15(19)20-3)9-11-5-4-6-12(16)8-11/h4-6,8,10,13H,7,9H2,1-3H3,(H,17,18)/t13-/m1/s1. The summed E-state index contributed by atoms with van der Waals surface area (Å²) < 4.78 is 4.73. The van der Waals surface area contributed by atoms with Crippen molar-refractivity contribution >= 4 is 23.5 Å². The molecule has 1 N–H and O–H groups in total. The highest BCUT2D eigenvalue weighted by atomic mass is 35.5. The summed E-state index contributed by atoms with van der Waals surface area (Å²) in [4.78, 5) is 23.5. The van der Waals surface area contributed by atoms with Crippen LogP contribution in [0.1, 0.15) is 25.8 Å². The number of halogens is 1. The Bertz CT molecular complexity index is 474. The molecule has 0 aromatic heterocycles. The van der Waals surface area contributed by atoms with Crippen LogP contribution in [-0.4, -0.2) is 25.0 Å². The number of amides is 1. The molecule has 0 aliphatic heterocycles. The summed E-state index contributed by atoms with van der Waals surface area (Å²) in [6.07, 6.45) is 0.736. The number of benzene rings is 1. The van der Waals surface area contributed by atoms with Crippen LogP contribution in [0.2, 0.25) is 5.02 Å². The Morgan fingerprint density at radius 3 is 2.60 bits per heavy atom. The largest absolute Gasteiger partial charge is 0.467 e. The van der Waals surface area contributed by atoms with Crippen molar-refractivity contribution in [3.8, 4) is 0 Å². The van der Waals surface area contributed by atoms with E-state index in [4.69, 9.17) is 16.3 Å². The lowest BCUT2D eigenvalue weighted by molar-refractivity contribution is -0.145. The predicted molar refractivity (Wildman–Crippen MR) is 78.6 cm³/mol. The van der Waals surface area contributed by atoms with Gasteiger partial charge in [-0.2, -0.15) is 0 Å². The van der Waals surface area contributed by atoms with E-state index >= 15 is 0 Å². The highest BCUT2D eigenvalue weighted by molar-refractivity contribution is 6.30. The zero-order chi connectivity index (χ0) is 15.1. The van der Waals surface area contributed by atoms with Crippen molar-refractivity contribution in [1.29, 1.82) is 0 Å². The highest BCUT2D eigenvalue weighted by Gasteiger charge is 2.22. The quantitative estimate of drug-likeness (QED) is 0.821. The summed E-state index contributed by atoms with van der Waals surface area (Å²) in [6, 6.07) is 6.50. The molecule has 0 bridgehead atoms. The van der Waals surface area contributed by atoms with E-state index in [0.29, 0.717) is 17.9 Å². The summed E-state index contributed by atoms with van der Waals surface area (Å²) in [6.45, 7) is 3.90. The van der Waals surface area contributed by atoms with E-state index in [1.165, 1.54) is 7.11 Å². The van der Waals surface area contributed by atoms with Crippen LogP contribution in [-0.2, 0) is 20.7 Å². The van der Waals surface area contributed by atoms with Crippen LogP contribution in [0.15, 0.2) is 24.3 Å². The van der Waals surface area contributed by atoms with Crippen LogP contribution in [0.5, 0.6) is 0 Å². The second-order valence-electron chi connectivity index (χ2n) is 5.08. The van der Waals surface area contributed by atoms with Crippen molar-refractivity contribution in [1.82, 2.24) is 5.32 Å². The van der Waals surface area contributed by atoms with Gasteiger partial charge >= 0.3 is 5.97 Å². The maximum absolute atomic E-state index is 11.8. The third-order valence-electron chi connectivity index (χ3n) is 2.74. The summed E-state index contributed by atoms with van der Waals surface area (Å²) in [5.74, 6) is -0.376. The van der Waals surface area contributed by atoms with Crippen LogP contribution >= 0.6 is 11.6 Å². The van der Waals surface area contributed by atoms with E-state index in [-0.39, 0.29) is 11.8 Å². The third-order valence-corrected chi connectivity index (χ3v) is 2.98. The molecule has 1 amide bonds. The van der Waals surface area contributed by atoms with Crippen molar-refractivity contribution in [2.24, 2.45) is 5.92 Å². The Morgan fingerprint density at radius 1 is 1.35 bits per heavy atom. The number of carbonyl (C=O) groups is 2. The van der Waals surface area contributed by atoms with Crippen LogP contribution < -0.4 is 5.32 Å². The molecule has 110 valence electrons. The maximum Gasteiger partial charge on any atom is 0.328 e. The molecule has 0 radical (unpaired) electrons. The van der Waals surface area contributed by atoms with Gasteiger partial charge in [0.15, 0.2) is 0 Å². The molecule has 4 nitrogen and oxygen atoms in total. The van der Waals surface area contributed by atoms with Crippen molar-refractivity contribution < 1.29 is 14.3 Å². The van der Waals surface area contributed by atoms with Gasteiger partial charge in [-0.1, -0.05) is 37.6 Å². The molecule has 0 aliphatic rings. The summed E-state index contributed by atoms with van der Waals surface area (Å²) in [5, 5.41) is 3.31. The fourth-order valence-corrected chi connectivity index (χ4v) is 2.07. The van der Waals surface area contributed by atoms with Crippen molar-refractivity contribution in [3.05, 3.63) is 34.9 Å². The molecule has 0 heterocycles. The molecule has 0 saturated carbocycles.